The van der Waals surface area contributed by atoms with Crippen LogP contribution in [0.25, 0.3) is 0 Å². The minimum atomic E-state index is -0.427. The molecule has 2 N–H and O–H groups in total. The molecular weight excluding hydrogens is 182 g/mol. The number of rotatable bonds is 4. The molecule has 0 aliphatic heterocycles. The van der Waals surface area contributed by atoms with Crippen molar-refractivity contribution < 1.29 is 4.79 Å². The van der Waals surface area contributed by atoms with E-state index in [1.165, 1.54) is 0 Å². The van der Waals surface area contributed by atoms with Gasteiger partial charge in [-0.15, -0.1) is 11.8 Å². The molecule has 1 aromatic rings. The zero-order valence-electron chi connectivity index (χ0n) is 7.19. The van der Waals surface area contributed by atoms with Crippen LogP contribution in [0.15, 0.2) is 47.4 Å². The molecule has 68 valence electrons. The van der Waals surface area contributed by atoms with Gasteiger partial charge in [-0.1, -0.05) is 24.8 Å². The molecule has 0 radical (unpaired) electrons. The van der Waals surface area contributed by atoms with E-state index in [1.807, 2.05) is 30.3 Å². The fourth-order valence-electron chi connectivity index (χ4n) is 0.758. The summed E-state index contributed by atoms with van der Waals surface area (Å²) in [6, 6.07) is 9.83. The summed E-state index contributed by atoms with van der Waals surface area (Å²) >= 11 is 1.56. The van der Waals surface area contributed by atoms with E-state index in [2.05, 4.69) is 6.58 Å². The first-order chi connectivity index (χ1) is 6.20. The van der Waals surface area contributed by atoms with Crippen LogP contribution in [0.3, 0.4) is 0 Å². The molecule has 13 heavy (non-hydrogen) atoms. The number of carbonyl (C=O) groups is 1. The normalized spacial score (nSPS) is 9.54. The zero-order chi connectivity index (χ0) is 9.68. The SMILES string of the molecule is C=C(CSc1ccccc1)C(N)=O. The molecule has 0 fully saturated rings. The van der Waals surface area contributed by atoms with E-state index in [9.17, 15) is 4.79 Å². The fraction of sp³-hybridized carbons (Fsp3) is 0.100. The highest BCUT2D eigenvalue weighted by Crippen LogP contribution is 2.18. The van der Waals surface area contributed by atoms with E-state index in [1.54, 1.807) is 11.8 Å². The Hall–Kier alpha value is -1.22. The van der Waals surface area contributed by atoms with Crippen molar-refractivity contribution in [1.82, 2.24) is 0 Å². The summed E-state index contributed by atoms with van der Waals surface area (Å²) in [7, 11) is 0. The Morgan fingerprint density at radius 3 is 2.54 bits per heavy atom. The lowest BCUT2D eigenvalue weighted by molar-refractivity contribution is -0.114. The minimum Gasteiger partial charge on any atom is -0.366 e. The van der Waals surface area contributed by atoms with Gasteiger partial charge in [0.15, 0.2) is 0 Å². The van der Waals surface area contributed by atoms with Crippen LogP contribution in [0.2, 0.25) is 0 Å². The van der Waals surface area contributed by atoms with Gasteiger partial charge >= 0.3 is 0 Å². The third kappa shape index (κ3) is 3.34. The van der Waals surface area contributed by atoms with Crippen LogP contribution in [-0.4, -0.2) is 11.7 Å². The van der Waals surface area contributed by atoms with E-state index >= 15 is 0 Å². The van der Waals surface area contributed by atoms with Gasteiger partial charge in [-0.05, 0) is 12.1 Å². The van der Waals surface area contributed by atoms with Crippen molar-refractivity contribution in [2.45, 2.75) is 4.90 Å². The summed E-state index contributed by atoms with van der Waals surface area (Å²) in [5, 5.41) is 0. The molecule has 1 amide bonds. The van der Waals surface area contributed by atoms with E-state index < -0.39 is 5.91 Å². The molecule has 2 nitrogen and oxygen atoms in total. The Bertz CT molecular complexity index is 308. The number of hydrogen-bond donors (Lipinski definition) is 1. The van der Waals surface area contributed by atoms with Crippen LogP contribution in [0.5, 0.6) is 0 Å². The second kappa shape index (κ2) is 4.72. The van der Waals surface area contributed by atoms with Crippen molar-refractivity contribution in [3.63, 3.8) is 0 Å². The first-order valence-electron chi connectivity index (χ1n) is 3.85. The lowest BCUT2D eigenvalue weighted by atomic mass is 10.3. The van der Waals surface area contributed by atoms with E-state index in [0.29, 0.717) is 11.3 Å². The second-order valence-corrected chi connectivity index (χ2v) is 3.62. The minimum absolute atomic E-state index is 0.427. The maximum Gasteiger partial charge on any atom is 0.244 e. The van der Waals surface area contributed by atoms with Gasteiger partial charge in [0, 0.05) is 16.2 Å². The zero-order valence-corrected chi connectivity index (χ0v) is 8.01. The van der Waals surface area contributed by atoms with Gasteiger partial charge in [0.1, 0.15) is 0 Å². The van der Waals surface area contributed by atoms with Crippen LogP contribution in [0.1, 0.15) is 0 Å². The number of benzene rings is 1. The number of nitrogens with two attached hydrogens (primary N) is 1. The molecule has 0 aliphatic carbocycles. The Labute approximate surface area is 81.8 Å². The highest BCUT2D eigenvalue weighted by atomic mass is 32.2. The van der Waals surface area contributed by atoms with Gasteiger partial charge in [-0.2, -0.15) is 0 Å². The predicted molar refractivity (Wildman–Crippen MR) is 55.5 cm³/mol. The average Bonchev–Trinajstić information content (AvgIpc) is 2.15. The Morgan fingerprint density at radius 1 is 1.38 bits per heavy atom. The first-order valence-corrected chi connectivity index (χ1v) is 4.84. The summed E-state index contributed by atoms with van der Waals surface area (Å²) in [6.45, 7) is 3.57. The number of primary amides is 1. The molecule has 0 atom stereocenters. The van der Waals surface area contributed by atoms with Crippen molar-refractivity contribution in [2.75, 3.05) is 5.75 Å². The highest BCUT2D eigenvalue weighted by molar-refractivity contribution is 7.99. The molecule has 0 bridgehead atoms. The molecule has 0 saturated heterocycles. The van der Waals surface area contributed by atoms with Crippen molar-refractivity contribution in [3.05, 3.63) is 42.5 Å². The standard InChI is InChI=1S/C10H11NOS/c1-8(10(11)12)7-13-9-5-3-2-4-6-9/h2-6H,1,7H2,(H2,11,12). The van der Waals surface area contributed by atoms with Gasteiger partial charge in [-0.25, -0.2) is 0 Å². The van der Waals surface area contributed by atoms with Crippen molar-refractivity contribution >= 4 is 17.7 Å². The molecule has 0 aliphatic rings. The monoisotopic (exact) mass is 193 g/mol. The van der Waals surface area contributed by atoms with E-state index in [-0.39, 0.29) is 0 Å². The second-order valence-electron chi connectivity index (χ2n) is 2.57. The average molecular weight is 193 g/mol. The highest BCUT2D eigenvalue weighted by Gasteiger charge is 2.01. The van der Waals surface area contributed by atoms with Crippen LogP contribution in [0, 0.1) is 0 Å². The summed E-state index contributed by atoms with van der Waals surface area (Å²) in [4.78, 5) is 11.7. The fourth-order valence-corrected chi connectivity index (χ4v) is 1.59. The predicted octanol–water partition coefficient (Wildman–Crippen LogP) is 1.82. The van der Waals surface area contributed by atoms with Gasteiger partial charge < -0.3 is 5.73 Å². The van der Waals surface area contributed by atoms with Crippen molar-refractivity contribution in [1.29, 1.82) is 0 Å². The molecule has 0 spiro atoms. The lowest BCUT2D eigenvalue weighted by Gasteiger charge is -2.00. The summed E-state index contributed by atoms with van der Waals surface area (Å²) in [6.07, 6.45) is 0. The smallest absolute Gasteiger partial charge is 0.244 e. The molecule has 0 saturated carbocycles. The molecule has 3 heteroatoms. The third-order valence-electron chi connectivity index (χ3n) is 1.50. The number of thioether (sulfide) groups is 1. The molecule has 1 rings (SSSR count). The summed E-state index contributed by atoms with van der Waals surface area (Å²) in [5.41, 5.74) is 5.50. The van der Waals surface area contributed by atoms with Crippen LogP contribution >= 0.6 is 11.8 Å². The molecule has 1 aromatic carbocycles. The lowest BCUT2D eigenvalue weighted by Crippen LogP contribution is -2.14. The number of carbonyl (C=O) groups excluding carboxylic acids is 1. The van der Waals surface area contributed by atoms with E-state index in [4.69, 9.17) is 5.73 Å². The summed E-state index contributed by atoms with van der Waals surface area (Å²) < 4.78 is 0. The van der Waals surface area contributed by atoms with E-state index in [0.717, 1.165) is 4.90 Å². The Balaban J connectivity index is 2.44. The Kier molecular flexibility index (Phi) is 3.58. The van der Waals surface area contributed by atoms with Crippen LogP contribution in [0.4, 0.5) is 0 Å². The largest absolute Gasteiger partial charge is 0.366 e. The maximum absolute atomic E-state index is 10.6. The third-order valence-corrected chi connectivity index (χ3v) is 2.60. The quantitative estimate of drug-likeness (QED) is 0.585. The van der Waals surface area contributed by atoms with Gasteiger partial charge in [-0.3, -0.25) is 4.79 Å². The molecule has 0 aromatic heterocycles. The maximum atomic E-state index is 10.6. The van der Waals surface area contributed by atoms with Crippen molar-refractivity contribution in [3.8, 4) is 0 Å². The topological polar surface area (TPSA) is 43.1 Å². The first kappa shape index (κ1) is 9.86. The van der Waals surface area contributed by atoms with Gasteiger partial charge in [0.05, 0.1) is 0 Å². The molecule has 0 unspecified atom stereocenters. The van der Waals surface area contributed by atoms with Gasteiger partial charge in [0.25, 0.3) is 0 Å². The van der Waals surface area contributed by atoms with Crippen LogP contribution < -0.4 is 5.73 Å². The molecule has 0 heterocycles. The number of amides is 1. The Morgan fingerprint density at radius 2 is 2.00 bits per heavy atom. The van der Waals surface area contributed by atoms with Crippen LogP contribution in [-0.2, 0) is 4.79 Å². The number of hydrogen-bond acceptors (Lipinski definition) is 2. The summed E-state index contributed by atoms with van der Waals surface area (Å²) in [5.74, 6) is 0.128. The van der Waals surface area contributed by atoms with Gasteiger partial charge in [0.2, 0.25) is 5.91 Å². The molecular formula is C10H11NOS. The van der Waals surface area contributed by atoms with Crippen molar-refractivity contribution in [2.24, 2.45) is 5.73 Å².